The van der Waals surface area contributed by atoms with Crippen molar-refractivity contribution >= 4 is 140 Å². The van der Waals surface area contributed by atoms with Crippen LogP contribution in [0.15, 0.2) is 97.7 Å². The number of aliphatic hydroxyl groups excluding tert-OH is 2. The number of primary amides is 3. The van der Waals surface area contributed by atoms with Gasteiger partial charge in [-0.2, -0.15) is 0 Å². The fourth-order valence-electron chi connectivity index (χ4n) is 16.7. The zero-order valence-electron chi connectivity index (χ0n) is 77.2. The monoisotopic (exact) mass is 1890 g/mol. The van der Waals surface area contributed by atoms with Crippen LogP contribution in [0.1, 0.15) is 147 Å². The lowest BCUT2D eigenvalue weighted by molar-refractivity contribution is -0.149. The van der Waals surface area contributed by atoms with Gasteiger partial charge in [-0.05, 0) is 91.8 Å². The molecule has 44 heteroatoms. The number of para-hydroxylation sites is 2. The fourth-order valence-corrected chi connectivity index (χ4v) is 17.5. The molecule has 3 aromatic carbocycles. The highest BCUT2D eigenvalue weighted by Gasteiger charge is 2.47. The summed E-state index contributed by atoms with van der Waals surface area (Å²) in [6.07, 6.45) is 2.32. The van der Waals surface area contributed by atoms with Crippen molar-refractivity contribution in [3.8, 4) is 5.75 Å². The van der Waals surface area contributed by atoms with Crippen LogP contribution in [-0.2, 0) is 112 Å². The van der Waals surface area contributed by atoms with Crippen molar-refractivity contribution in [2.24, 2.45) is 22.6 Å². The number of hydrogen-bond donors (Lipinski definition) is 19. The maximum atomic E-state index is 15.7. The van der Waals surface area contributed by atoms with Gasteiger partial charge >= 0.3 is 0 Å². The predicted octanol–water partition coefficient (Wildman–Crippen LogP) is -2.54. The van der Waals surface area contributed by atoms with Gasteiger partial charge in [-0.1, -0.05) is 109 Å². The highest BCUT2D eigenvalue weighted by atomic mass is 32.2. The van der Waals surface area contributed by atoms with E-state index in [2.05, 4.69) is 73.1 Å². The summed E-state index contributed by atoms with van der Waals surface area (Å²) in [5.41, 5.74) is 18.9. The standard InChI is InChI=1S/C91H126N22O21S/c1-10-12-23-69-83(127)106-66(39-91(4,5)6)81(125)108-68(78(122)98-43-75(94)119)46-135-47-76(120)100-63(33-50-26-28-54(115)29-27-50)86(130)109(7)49(3)77(121)104-65(38-74(93)118)89(133)112-32-18-25-70(112)84(128)103-62(36-53-42-95-48-99-53)80(124)101-60(30-31-73(92)117)88(132)113-44-55(116)37-72(113)85(129)102-61(34-51-40-96-58-21-16-14-19-56(51)58)79(123)107-67(45-114)82(126)105-64(35-52-41-97-59-22-17-15-20-57(52)59)87(131)111(9)71(24-13-11-2)90(134)110(69)8/h14-17,19-22,26-29,40-42,48-49,55,60-72,96-97,114-116H,10-13,18,23-25,30-39,43-47H2,1-9H3,(H2,92,117)(H2,93,118)(H2,94,119)(H,95,99)(H,98,122)(H,100,120)(H,101,124)(H,102,129)(H,103,128)(H,104,121)(H,105,126)(H,106,127)(H,107,123)(H,108,125)/t49-,55+,60-,61-,62-,63-,64-,65-,66-,67-,68-,69-,70-,71-,72-/m0/s1. The van der Waals surface area contributed by atoms with E-state index in [1.807, 2.05) is 13.8 Å². The first-order chi connectivity index (χ1) is 64.1. The third-order valence-corrected chi connectivity index (χ3v) is 25.2. The van der Waals surface area contributed by atoms with Crippen molar-refractivity contribution in [2.75, 3.05) is 58.9 Å². The molecule has 0 unspecified atom stereocenters. The molecule has 9 rings (SSSR count). The fraction of sp³-hybridized carbons (Fsp3) is 0.527. The summed E-state index contributed by atoms with van der Waals surface area (Å²) >= 11 is 0.784. The number of carbonyl (C=O) groups excluding carboxylic acids is 18. The molecule has 3 aliphatic heterocycles. The molecule has 3 aromatic heterocycles. The average Bonchev–Trinajstić information content (AvgIpc) is 1.82. The Hall–Kier alpha value is -13.5. The van der Waals surface area contributed by atoms with Gasteiger partial charge in [0.15, 0.2) is 0 Å². The van der Waals surface area contributed by atoms with E-state index >= 15 is 43.2 Å². The van der Waals surface area contributed by atoms with E-state index in [1.54, 1.807) is 81.7 Å². The summed E-state index contributed by atoms with van der Waals surface area (Å²) in [5, 5.41) is 60.4. The molecular weight excluding hydrogens is 1770 g/mol. The molecule has 15 atom stereocenters. The number of amides is 18. The number of nitrogens with two attached hydrogens (primary N) is 3. The number of aromatic nitrogens is 4. The first-order valence-corrected chi connectivity index (χ1v) is 46.2. The number of H-pyrrole nitrogens is 3. The Balaban J connectivity index is 1.10. The van der Waals surface area contributed by atoms with Crippen LogP contribution >= 0.6 is 11.8 Å². The first kappa shape index (κ1) is 105. The number of thioether (sulfide) groups is 1. The van der Waals surface area contributed by atoms with Gasteiger partial charge in [0.25, 0.3) is 0 Å². The maximum absolute atomic E-state index is 15.7. The first-order valence-electron chi connectivity index (χ1n) is 45.1. The van der Waals surface area contributed by atoms with Crippen molar-refractivity contribution in [3.05, 3.63) is 120 Å². The van der Waals surface area contributed by atoms with Crippen LogP contribution in [0.25, 0.3) is 21.8 Å². The number of aromatic amines is 3. The number of carbonyl (C=O) groups is 18. The molecule has 0 bridgehead atoms. The SMILES string of the molecule is CCCC[C@H]1C(=O)N(C)[C@@H](CCCC)C(=O)N[C@@H](CC(C)(C)C)C(=O)N[C@H](C(=O)NCC(N)=O)CSCC(=O)N[C@@H](Cc2ccc(O)cc2)C(=O)N(C)[C@@H](C)C(=O)N[C@@H](CC(N)=O)C(=O)N2CCC[C@H]2C(=O)N[C@@H](Cc2cnc[nH]2)C(=O)N[C@@H](CCC(N)=O)C(=O)N2C[C@H](O)C[C@H]2C(=O)N[C@@H](Cc2c[nH]c3ccccc23)C(=O)N[C@@H](CO)C(=O)N[C@@H](Cc2c[nH]c3ccccc23)C(=O)N1C. The number of unbranched alkanes of at least 4 members (excludes halogenated alkanes) is 2. The Morgan fingerprint density at radius 2 is 1.06 bits per heavy atom. The van der Waals surface area contributed by atoms with E-state index in [4.69, 9.17) is 17.2 Å². The zero-order chi connectivity index (χ0) is 98.8. The smallest absolute Gasteiger partial charge is 0.246 e. The van der Waals surface area contributed by atoms with Gasteiger partial charge in [0.05, 0.1) is 37.8 Å². The molecule has 732 valence electrons. The summed E-state index contributed by atoms with van der Waals surface area (Å²) in [6, 6.07) is -2.84. The van der Waals surface area contributed by atoms with Crippen molar-refractivity contribution < 1.29 is 102 Å². The molecule has 22 N–H and O–H groups in total. The summed E-state index contributed by atoms with van der Waals surface area (Å²) < 4.78 is 0. The van der Waals surface area contributed by atoms with E-state index in [1.165, 1.54) is 69.8 Å². The van der Waals surface area contributed by atoms with Gasteiger partial charge in [0.1, 0.15) is 90.3 Å². The van der Waals surface area contributed by atoms with Crippen LogP contribution in [0.2, 0.25) is 0 Å². The van der Waals surface area contributed by atoms with E-state index in [9.17, 15) is 58.5 Å². The van der Waals surface area contributed by atoms with E-state index in [0.717, 1.165) is 31.4 Å². The second-order valence-electron chi connectivity index (χ2n) is 35.6. The van der Waals surface area contributed by atoms with Crippen LogP contribution in [-0.4, -0.2) is 316 Å². The molecule has 3 aliphatic rings. The van der Waals surface area contributed by atoms with Gasteiger partial charge in [-0.3, -0.25) is 86.3 Å². The normalized spacial score (nSPS) is 24.9. The molecule has 43 nitrogen and oxygen atoms in total. The van der Waals surface area contributed by atoms with Crippen LogP contribution in [0, 0.1) is 5.41 Å². The molecule has 3 fully saturated rings. The van der Waals surface area contributed by atoms with Gasteiger partial charge in [0, 0.05) is 125 Å². The summed E-state index contributed by atoms with van der Waals surface area (Å²) in [4.78, 5) is 281. The maximum Gasteiger partial charge on any atom is 0.246 e. The average molecular weight is 1900 g/mol. The molecule has 3 saturated heterocycles. The largest absolute Gasteiger partial charge is 0.508 e. The lowest BCUT2D eigenvalue weighted by atomic mass is 9.87. The van der Waals surface area contributed by atoms with Gasteiger partial charge in [-0.15, -0.1) is 11.8 Å². The number of benzene rings is 3. The Kier molecular flexibility index (Phi) is 38.1. The molecule has 135 heavy (non-hydrogen) atoms. The van der Waals surface area contributed by atoms with Crippen LogP contribution in [0.3, 0.4) is 0 Å². The van der Waals surface area contributed by atoms with Crippen LogP contribution in [0.4, 0.5) is 0 Å². The number of nitrogens with zero attached hydrogens (tertiary/aromatic N) is 6. The minimum atomic E-state index is -1.92. The summed E-state index contributed by atoms with van der Waals surface area (Å²) in [5.74, 6) is -18.5. The third kappa shape index (κ3) is 29.2. The van der Waals surface area contributed by atoms with Crippen molar-refractivity contribution in [1.82, 2.24) is 97.6 Å². The molecule has 0 spiro atoms. The van der Waals surface area contributed by atoms with Gasteiger partial charge in [0.2, 0.25) is 106 Å². The molecule has 18 amide bonds. The van der Waals surface area contributed by atoms with E-state index in [-0.39, 0.29) is 75.8 Å². The van der Waals surface area contributed by atoms with Gasteiger partial charge in [-0.25, -0.2) is 4.98 Å². The highest BCUT2D eigenvalue weighted by Crippen LogP contribution is 2.29. The second-order valence-corrected chi connectivity index (χ2v) is 36.7. The van der Waals surface area contributed by atoms with E-state index in [0.29, 0.717) is 64.2 Å². The molecular formula is C91H126N22O21S. The molecule has 0 radical (unpaired) electrons. The van der Waals surface area contributed by atoms with E-state index < -0.39 is 259 Å². The molecule has 6 heterocycles. The molecule has 0 saturated carbocycles. The number of hydrogen-bond acceptors (Lipinski definition) is 23. The van der Waals surface area contributed by atoms with Crippen molar-refractivity contribution in [1.29, 1.82) is 0 Å². The van der Waals surface area contributed by atoms with Crippen LogP contribution in [0.5, 0.6) is 5.75 Å². The number of rotatable bonds is 24. The molecule has 0 aliphatic carbocycles. The Bertz CT molecular complexity index is 5260. The minimum absolute atomic E-state index is 0.00102. The van der Waals surface area contributed by atoms with Crippen molar-refractivity contribution in [3.63, 3.8) is 0 Å². The summed E-state index contributed by atoms with van der Waals surface area (Å²) in [6.45, 7) is 7.72. The zero-order valence-corrected chi connectivity index (χ0v) is 78.0. The van der Waals surface area contributed by atoms with Crippen molar-refractivity contribution in [2.45, 2.75) is 241 Å². The third-order valence-electron chi connectivity index (χ3n) is 24.1. The second kappa shape index (κ2) is 48.9. The predicted molar refractivity (Wildman–Crippen MR) is 494 cm³/mol. The number of nitrogens with one attached hydrogen (secondary N) is 13. The number of aromatic hydroxyl groups is 1. The number of likely N-dealkylation sites (N-methyl/N-ethyl adjacent to an activating group) is 3. The molecule has 6 aromatic rings. The van der Waals surface area contributed by atoms with Crippen LogP contribution < -0.4 is 70.4 Å². The Labute approximate surface area is 784 Å². The summed E-state index contributed by atoms with van der Waals surface area (Å²) in [7, 11) is 3.92. The Morgan fingerprint density at radius 3 is 1.64 bits per heavy atom. The number of phenols is 1. The lowest BCUT2D eigenvalue weighted by Gasteiger charge is -2.37. The topological polar surface area (TPSA) is 643 Å². The number of fused-ring (bicyclic) bond motifs is 4. The number of imidazole rings is 1. The quantitative estimate of drug-likeness (QED) is 0.0297. The number of phenolic OH excluding ortho intramolecular Hbond substituents is 1. The minimum Gasteiger partial charge on any atom is -0.508 e. The highest BCUT2D eigenvalue weighted by molar-refractivity contribution is 8.00. The van der Waals surface area contributed by atoms with Gasteiger partial charge < -0.3 is 125 Å². The Morgan fingerprint density at radius 1 is 0.533 bits per heavy atom. The number of aliphatic hydroxyl groups is 2. The lowest BCUT2D eigenvalue weighted by Crippen LogP contribution is -2.62.